The standard InChI is InChI=1S/C25H33N9OS2/c1-9-33-19(15-11-13-16(14-12-15)26-21(35)25(6,7)8)31-34-20(33)17(18(30-34)24(3,4)5)28-29-22-27-23(32-37-22)36-10-2/h11-14H,9-10H2,1-8H3,(H,26,35). The van der Waals surface area contributed by atoms with Gasteiger partial charge in [-0.3, -0.25) is 4.79 Å². The number of hydrogen-bond acceptors (Lipinski definition) is 9. The van der Waals surface area contributed by atoms with Crippen LogP contribution in [0, 0.1) is 5.41 Å². The van der Waals surface area contributed by atoms with Gasteiger partial charge in [0.05, 0.1) is 5.69 Å². The number of carbonyl (C=O) groups is 1. The highest BCUT2D eigenvalue weighted by Crippen LogP contribution is 2.37. The SMILES string of the molecule is CCSc1nsc(N=Nc2c(C(C)(C)C)nn3nc(-c4ccc(NC(=O)C(C)(C)C)cc4)n(CC)c23)n1. The highest BCUT2D eigenvalue weighted by Gasteiger charge is 2.29. The summed E-state index contributed by atoms with van der Waals surface area (Å²) in [6.45, 7) is 16.7. The fourth-order valence-corrected chi connectivity index (χ4v) is 4.79. The molecule has 0 aliphatic rings. The molecule has 12 heteroatoms. The van der Waals surface area contributed by atoms with Crippen molar-refractivity contribution in [1.82, 2.24) is 28.8 Å². The van der Waals surface area contributed by atoms with E-state index in [1.165, 1.54) is 11.5 Å². The van der Waals surface area contributed by atoms with Crippen molar-refractivity contribution in [3.63, 3.8) is 0 Å². The number of rotatable bonds is 7. The molecule has 0 radical (unpaired) electrons. The molecule has 3 aromatic heterocycles. The maximum absolute atomic E-state index is 12.4. The Balaban J connectivity index is 1.75. The van der Waals surface area contributed by atoms with Crippen molar-refractivity contribution < 1.29 is 4.79 Å². The summed E-state index contributed by atoms with van der Waals surface area (Å²) in [4.78, 5) is 16.8. The minimum Gasteiger partial charge on any atom is -0.326 e. The van der Waals surface area contributed by atoms with Gasteiger partial charge in [-0.05, 0) is 36.9 Å². The van der Waals surface area contributed by atoms with Crippen molar-refractivity contribution in [3.8, 4) is 11.4 Å². The first-order valence-electron chi connectivity index (χ1n) is 12.2. The summed E-state index contributed by atoms with van der Waals surface area (Å²) < 4.78 is 8.05. The Hall–Kier alpha value is -3.12. The van der Waals surface area contributed by atoms with Crippen molar-refractivity contribution in [2.24, 2.45) is 15.6 Å². The summed E-state index contributed by atoms with van der Waals surface area (Å²) in [7, 11) is 0. The Morgan fingerprint density at radius 1 is 1.05 bits per heavy atom. The molecule has 0 aliphatic carbocycles. The second-order valence-electron chi connectivity index (χ2n) is 10.6. The molecule has 3 heterocycles. The quantitative estimate of drug-likeness (QED) is 0.202. The average Bonchev–Trinajstić information content (AvgIpc) is 3.51. The first-order valence-corrected chi connectivity index (χ1v) is 14.0. The number of benzene rings is 1. The van der Waals surface area contributed by atoms with Crippen LogP contribution in [0.3, 0.4) is 0 Å². The zero-order valence-corrected chi connectivity index (χ0v) is 24.2. The van der Waals surface area contributed by atoms with Gasteiger partial charge in [-0.1, -0.05) is 60.2 Å². The van der Waals surface area contributed by atoms with Crippen LogP contribution in [0.15, 0.2) is 39.7 Å². The van der Waals surface area contributed by atoms with E-state index in [0.29, 0.717) is 22.5 Å². The lowest BCUT2D eigenvalue weighted by Crippen LogP contribution is -2.27. The molecule has 1 aromatic carbocycles. The Morgan fingerprint density at radius 3 is 2.35 bits per heavy atom. The number of hydrogen-bond donors (Lipinski definition) is 1. The second kappa shape index (κ2) is 10.3. The lowest BCUT2D eigenvalue weighted by molar-refractivity contribution is -0.123. The van der Waals surface area contributed by atoms with E-state index >= 15 is 0 Å². The maximum Gasteiger partial charge on any atom is 0.250 e. The van der Waals surface area contributed by atoms with Crippen LogP contribution in [-0.2, 0) is 16.8 Å². The molecule has 4 aromatic rings. The maximum atomic E-state index is 12.4. The van der Waals surface area contributed by atoms with Crippen LogP contribution in [0.4, 0.5) is 16.5 Å². The number of fused-ring (bicyclic) bond motifs is 1. The van der Waals surface area contributed by atoms with Crippen LogP contribution < -0.4 is 5.32 Å². The van der Waals surface area contributed by atoms with Gasteiger partial charge in [0.25, 0.3) is 0 Å². The molecule has 0 atom stereocenters. The number of nitrogens with zero attached hydrogens (tertiary/aromatic N) is 8. The van der Waals surface area contributed by atoms with Crippen molar-refractivity contribution in [2.75, 3.05) is 11.1 Å². The number of anilines is 1. The number of aryl methyl sites for hydroxylation is 1. The first kappa shape index (κ1) is 26.9. The largest absolute Gasteiger partial charge is 0.326 e. The molecule has 0 aliphatic heterocycles. The lowest BCUT2D eigenvalue weighted by Gasteiger charge is -2.17. The van der Waals surface area contributed by atoms with Crippen LogP contribution in [-0.4, -0.2) is 40.4 Å². The lowest BCUT2D eigenvalue weighted by atomic mass is 9.91. The summed E-state index contributed by atoms with van der Waals surface area (Å²) >= 11 is 2.80. The number of thioether (sulfide) groups is 1. The van der Waals surface area contributed by atoms with E-state index in [0.717, 1.165) is 34.2 Å². The molecule has 196 valence electrons. The first-order chi connectivity index (χ1) is 17.4. The molecule has 0 unspecified atom stereocenters. The summed E-state index contributed by atoms with van der Waals surface area (Å²) in [6, 6.07) is 7.68. The van der Waals surface area contributed by atoms with Gasteiger partial charge in [0.1, 0.15) is 0 Å². The van der Waals surface area contributed by atoms with E-state index in [4.69, 9.17) is 10.2 Å². The smallest absolute Gasteiger partial charge is 0.250 e. The van der Waals surface area contributed by atoms with Crippen molar-refractivity contribution in [3.05, 3.63) is 30.0 Å². The fourth-order valence-electron chi connectivity index (χ4n) is 3.59. The Labute approximate surface area is 225 Å². The van der Waals surface area contributed by atoms with E-state index in [1.54, 1.807) is 16.4 Å². The third-order valence-corrected chi connectivity index (χ3v) is 6.98. The van der Waals surface area contributed by atoms with Crippen molar-refractivity contribution in [1.29, 1.82) is 0 Å². The third-order valence-electron chi connectivity index (χ3n) is 5.54. The topological polar surface area (TPSA) is 115 Å². The van der Waals surface area contributed by atoms with Crippen LogP contribution in [0.2, 0.25) is 0 Å². The van der Waals surface area contributed by atoms with Crippen LogP contribution in [0.5, 0.6) is 0 Å². The summed E-state index contributed by atoms with van der Waals surface area (Å²) in [5.74, 6) is 1.62. The monoisotopic (exact) mass is 539 g/mol. The van der Waals surface area contributed by atoms with E-state index in [9.17, 15) is 4.79 Å². The predicted molar refractivity (Wildman–Crippen MR) is 149 cm³/mol. The number of azo groups is 1. The van der Waals surface area contributed by atoms with Gasteiger partial charge >= 0.3 is 0 Å². The van der Waals surface area contributed by atoms with Crippen LogP contribution in [0.1, 0.15) is 61.1 Å². The molecule has 0 bridgehead atoms. The molecule has 0 fully saturated rings. The number of amides is 1. The fraction of sp³-hybridized carbons (Fsp3) is 0.480. The number of nitrogens with one attached hydrogen (secondary N) is 1. The van der Waals surface area contributed by atoms with E-state index in [1.807, 2.05) is 45.0 Å². The van der Waals surface area contributed by atoms with Crippen LogP contribution in [0.25, 0.3) is 17.0 Å². The second-order valence-corrected chi connectivity index (χ2v) is 12.6. The Morgan fingerprint density at radius 2 is 1.76 bits per heavy atom. The zero-order chi connectivity index (χ0) is 27.0. The molecule has 1 amide bonds. The van der Waals surface area contributed by atoms with Crippen molar-refractivity contribution in [2.45, 2.75) is 72.5 Å². The van der Waals surface area contributed by atoms with Gasteiger partial charge in [0, 0.05) is 40.2 Å². The van der Waals surface area contributed by atoms with E-state index in [-0.39, 0.29) is 11.3 Å². The van der Waals surface area contributed by atoms with Gasteiger partial charge in [0.2, 0.25) is 16.2 Å². The summed E-state index contributed by atoms with van der Waals surface area (Å²) in [5, 5.41) is 22.8. The summed E-state index contributed by atoms with van der Waals surface area (Å²) in [5.41, 5.74) is 3.16. The Bertz CT molecular complexity index is 1430. The normalized spacial score (nSPS) is 12.6. The molecule has 1 N–H and O–H groups in total. The molecule has 10 nitrogen and oxygen atoms in total. The molecule has 0 spiro atoms. The highest BCUT2D eigenvalue weighted by molar-refractivity contribution is 7.99. The van der Waals surface area contributed by atoms with Crippen LogP contribution >= 0.6 is 23.3 Å². The molecular weight excluding hydrogens is 506 g/mol. The van der Waals surface area contributed by atoms with E-state index < -0.39 is 5.41 Å². The molecule has 37 heavy (non-hydrogen) atoms. The van der Waals surface area contributed by atoms with Gasteiger partial charge < -0.3 is 9.88 Å². The minimum atomic E-state index is -0.469. The molecule has 0 saturated carbocycles. The van der Waals surface area contributed by atoms with Gasteiger partial charge in [-0.15, -0.1) is 20.0 Å². The van der Waals surface area contributed by atoms with Gasteiger partial charge in [-0.25, -0.2) is 0 Å². The number of carbonyl (C=O) groups excluding carboxylic acids is 1. The van der Waals surface area contributed by atoms with E-state index in [2.05, 4.69) is 64.1 Å². The van der Waals surface area contributed by atoms with Gasteiger partial charge in [-0.2, -0.15) is 14.5 Å². The van der Waals surface area contributed by atoms with Crippen molar-refractivity contribution >= 4 is 51.4 Å². The molecular formula is C25H33N9OS2. The highest BCUT2D eigenvalue weighted by atomic mass is 32.2. The van der Waals surface area contributed by atoms with Gasteiger partial charge in [0.15, 0.2) is 17.2 Å². The third kappa shape index (κ3) is 5.74. The summed E-state index contributed by atoms with van der Waals surface area (Å²) in [6.07, 6.45) is 0. The average molecular weight is 540 g/mol. The number of aromatic nitrogens is 6. The zero-order valence-electron chi connectivity index (χ0n) is 22.5. The molecule has 4 rings (SSSR count). The minimum absolute atomic E-state index is 0.0330. The predicted octanol–water partition coefficient (Wildman–Crippen LogP) is 6.88. The molecule has 0 saturated heterocycles. The Kier molecular flexibility index (Phi) is 7.52.